The van der Waals surface area contributed by atoms with Crippen LogP contribution in [-0.2, 0) is 6.54 Å². The molecule has 0 aliphatic carbocycles. The lowest BCUT2D eigenvalue weighted by Crippen LogP contribution is -2.35. The Morgan fingerprint density at radius 2 is 1.44 bits per heavy atom. The molecule has 0 saturated heterocycles. The maximum absolute atomic E-state index is 12.8. The zero-order chi connectivity index (χ0) is 17.1. The number of rotatable bonds is 2. The number of aromatic nitrogens is 1. The highest BCUT2D eigenvalue weighted by molar-refractivity contribution is 7.25. The van der Waals surface area contributed by atoms with E-state index in [-0.39, 0.29) is 24.2 Å². The van der Waals surface area contributed by atoms with Gasteiger partial charge in [0.1, 0.15) is 0 Å². The molecule has 0 saturated carbocycles. The summed E-state index contributed by atoms with van der Waals surface area (Å²) in [7, 11) is 0. The van der Waals surface area contributed by atoms with Crippen molar-refractivity contribution in [1.82, 2.24) is 4.57 Å². The number of hydrogen-bond acceptors (Lipinski definition) is 4. The summed E-state index contributed by atoms with van der Waals surface area (Å²) in [5.41, 5.74) is 5.08. The van der Waals surface area contributed by atoms with E-state index >= 15 is 0 Å². The topological polar surface area (TPSA) is 65.1 Å². The van der Waals surface area contributed by atoms with Gasteiger partial charge in [-0.05, 0) is 35.0 Å². The molecular weight excluding hydrogens is 332 g/mol. The number of pyridine rings is 1. The molecule has 2 heterocycles. The van der Waals surface area contributed by atoms with Gasteiger partial charge in [-0.15, -0.1) is 11.3 Å². The first-order chi connectivity index (χ1) is 12.2. The first-order valence-corrected chi connectivity index (χ1v) is 8.95. The Morgan fingerprint density at radius 3 is 2.20 bits per heavy atom. The minimum Gasteiger partial charge on any atom is -0.329 e. The maximum atomic E-state index is 12.8. The summed E-state index contributed by atoms with van der Waals surface area (Å²) in [6, 6.07) is 15.9. The highest BCUT2D eigenvalue weighted by Gasteiger charge is 2.17. The van der Waals surface area contributed by atoms with Crippen molar-refractivity contribution >= 4 is 53.1 Å². The average molecular weight is 346 g/mol. The summed E-state index contributed by atoms with van der Waals surface area (Å²) in [6.45, 7) is 0.495. The Bertz CT molecular complexity index is 1370. The van der Waals surface area contributed by atoms with E-state index in [1.165, 1.54) is 9.27 Å². The Balaban J connectivity index is 2.13. The molecule has 2 N–H and O–H groups in total. The van der Waals surface area contributed by atoms with Crippen LogP contribution in [0, 0.1) is 0 Å². The molecule has 0 amide bonds. The summed E-state index contributed by atoms with van der Waals surface area (Å²) >= 11 is 1.68. The number of benzene rings is 3. The summed E-state index contributed by atoms with van der Waals surface area (Å²) < 4.78 is 3.53. The normalized spacial score (nSPS) is 12.0. The Kier molecular flexibility index (Phi) is 2.98. The predicted octanol–water partition coefficient (Wildman–Crippen LogP) is 3.28. The average Bonchev–Trinajstić information content (AvgIpc) is 2.64. The second kappa shape index (κ2) is 5.12. The lowest BCUT2D eigenvalue weighted by molar-refractivity contribution is 0.669. The molecule has 5 heteroatoms. The van der Waals surface area contributed by atoms with Crippen LogP contribution in [0.2, 0.25) is 0 Å². The third-order valence-electron chi connectivity index (χ3n) is 4.82. The fraction of sp³-hybridized carbons (Fsp3) is 0.100. The number of nitrogens with zero attached hydrogens (tertiary/aromatic N) is 1. The van der Waals surface area contributed by atoms with E-state index in [0.717, 1.165) is 26.2 Å². The second-order valence-electron chi connectivity index (χ2n) is 6.17. The SMILES string of the molecule is NCCn1c(=O)c2ccc3sc4ccccc4c4ccc(c1=O)c2c34. The number of fused-ring (bicyclic) bond motifs is 2. The van der Waals surface area contributed by atoms with Crippen LogP contribution >= 0.6 is 11.3 Å². The predicted molar refractivity (Wildman–Crippen MR) is 105 cm³/mol. The first-order valence-electron chi connectivity index (χ1n) is 8.14. The van der Waals surface area contributed by atoms with Crippen LogP contribution in [0.5, 0.6) is 0 Å². The zero-order valence-corrected chi connectivity index (χ0v) is 14.1. The molecule has 2 aromatic heterocycles. The third kappa shape index (κ3) is 1.85. The van der Waals surface area contributed by atoms with Crippen molar-refractivity contribution in [2.24, 2.45) is 5.73 Å². The van der Waals surface area contributed by atoms with Crippen LogP contribution in [0.25, 0.3) is 41.7 Å². The van der Waals surface area contributed by atoms with E-state index in [1.54, 1.807) is 11.3 Å². The largest absolute Gasteiger partial charge is 0.329 e. The molecule has 0 atom stereocenters. The summed E-state index contributed by atoms with van der Waals surface area (Å²) in [6.07, 6.45) is 0. The molecule has 0 bridgehead atoms. The first kappa shape index (κ1) is 14.6. The third-order valence-corrected chi connectivity index (χ3v) is 5.96. The van der Waals surface area contributed by atoms with E-state index in [2.05, 4.69) is 12.1 Å². The van der Waals surface area contributed by atoms with Crippen molar-refractivity contribution in [3.8, 4) is 0 Å². The lowest BCUT2D eigenvalue weighted by Gasteiger charge is -2.13. The van der Waals surface area contributed by atoms with E-state index in [1.807, 2.05) is 36.4 Å². The van der Waals surface area contributed by atoms with Gasteiger partial charge in [0.25, 0.3) is 11.1 Å². The Morgan fingerprint density at radius 1 is 0.760 bits per heavy atom. The summed E-state index contributed by atoms with van der Waals surface area (Å²) in [5, 5.41) is 5.19. The monoisotopic (exact) mass is 346 g/mol. The van der Waals surface area contributed by atoms with Gasteiger partial charge in [0, 0.05) is 44.0 Å². The number of hydrogen-bond donors (Lipinski definition) is 1. The maximum Gasteiger partial charge on any atom is 0.261 e. The van der Waals surface area contributed by atoms with Crippen molar-refractivity contribution < 1.29 is 0 Å². The zero-order valence-electron chi connectivity index (χ0n) is 13.3. The molecular formula is C20H14N2O2S. The smallest absolute Gasteiger partial charge is 0.261 e. The van der Waals surface area contributed by atoms with Crippen LogP contribution in [0.15, 0.2) is 58.1 Å². The summed E-state index contributed by atoms with van der Waals surface area (Å²) in [4.78, 5) is 25.6. The lowest BCUT2D eigenvalue weighted by atomic mass is 9.98. The van der Waals surface area contributed by atoms with E-state index in [4.69, 9.17) is 5.73 Å². The standard InChI is InChI=1S/C20H14N2O2S/c21-9-10-22-19(23)13-6-5-12-11-3-1-2-4-15(11)25-16-8-7-14(20(22)24)17(13)18(12)16/h1-8H,9-10,21H2. The molecule has 0 spiro atoms. The van der Waals surface area contributed by atoms with Gasteiger partial charge in [0.15, 0.2) is 0 Å². The van der Waals surface area contributed by atoms with Crippen molar-refractivity contribution in [3.05, 3.63) is 69.2 Å². The van der Waals surface area contributed by atoms with Gasteiger partial charge < -0.3 is 5.73 Å². The van der Waals surface area contributed by atoms with Gasteiger partial charge in [-0.25, -0.2) is 0 Å². The molecule has 122 valence electrons. The molecule has 3 aromatic carbocycles. The van der Waals surface area contributed by atoms with E-state index in [0.29, 0.717) is 10.8 Å². The molecule has 5 aromatic rings. The minimum atomic E-state index is -0.254. The summed E-state index contributed by atoms with van der Waals surface area (Å²) in [5.74, 6) is 0. The van der Waals surface area contributed by atoms with Crippen molar-refractivity contribution in [2.75, 3.05) is 6.54 Å². The van der Waals surface area contributed by atoms with Crippen LogP contribution in [-0.4, -0.2) is 11.1 Å². The molecule has 4 nitrogen and oxygen atoms in total. The van der Waals surface area contributed by atoms with E-state index < -0.39 is 0 Å². The number of nitrogens with two attached hydrogens (primary N) is 1. The molecule has 0 aliphatic rings. The van der Waals surface area contributed by atoms with Crippen molar-refractivity contribution in [3.63, 3.8) is 0 Å². The van der Waals surface area contributed by atoms with Gasteiger partial charge in [-0.3, -0.25) is 14.2 Å². The van der Waals surface area contributed by atoms with Crippen LogP contribution in [0.4, 0.5) is 0 Å². The highest BCUT2D eigenvalue weighted by atomic mass is 32.1. The fourth-order valence-corrected chi connectivity index (χ4v) is 4.86. The molecule has 0 unspecified atom stereocenters. The van der Waals surface area contributed by atoms with E-state index in [9.17, 15) is 9.59 Å². The highest BCUT2D eigenvalue weighted by Crippen LogP contribution is 2.39. The van der Waals surface area contributed by atoms with Crippen LogP contribution in [0.3, 0.4) is 0 Å². The second-order valence-corrected chi connectivity index (χ2v) is 7.25. The van der Waals surface area contributed by atoms with Crippen LogP contribution in [0.1, 0.15) is 0 Å². The quantitative estimate of drug-likeness (QED) is 0.394. The fourth-order valence-electron chi connectivity index (χ4n) is 3.74. The van der Waals surface area contributed by atoms with Crippen molar-refractivity contribution in [2.45, 2.75) is 6.54 Å². The molecule has 5 rings (SSSR count). The molecule has 0 aliphatic heterocycles. The molecule has 0 fully saturated rings. The minimum absolute atomic E-state index is 0.236. The van der Waals surface area contributed by atoms with Gasteiger partial charge in [0.2, 0.25) is 0 Å². The molecule has 0 radical (unpaired) electrons. The van der Waals surface area contributed by atoms with Gasteiger partial charge in [-0.1, -0.05) is 24.3 Å². The van der Waals surface area contributed by atoms with Crippen molar-refractivity contribution in [1.29, 1.82) is 0 Å². The Labute approximate surface area is 146 Å². The Hall–Kier alpha value is -2.76. The van der Waals surface area contributed by atoms with Gasteiger partial charge >= 0.3 is 0 Å². The van der Waals surface area contributed by atoms with Gasteiger partial charge in [0.05, 0.1) is 0 Å². The van der Waals surface area contributed by atoms with Crippen LogP contribution < -0.4 is 16.9 Å². The van der Waals surface area contributed by atoms with Gasteiger partial charge in [-0.2, -0.15) is 0 Å². The molecule has 25 heavy (non-hydrogen) atoms.